The van der Waals surface area contributed by atoms with Gasteiger partial charge in [-0.15, -0.1) is 0 Å². The molecule has 0 rings (SSSR count). The van der Waals surface area contributed by atoms with Gasteiger partial charge in [0.25, 0.3) is 0 Å². The molecule has 0 aromatic rings. The standard InChI is InChI=1S/C8H20NO2PS/c1-5-9(6-2)12(10,11-7-3)13-8-4/h5-8H2,1-4H3. The van der Waals surface area contributed by atoms with E-state index < -0.39 is 6.72 Å². The van der Waals surface area contributed by atoms with Gasteiger partial charge in [0, 0.05) is 18.8 Å². The lowest BCUT2D eigenvalue weighted by Crippen LogP contribution is -2.19. The molecular formula is C8H20NO2PS. The second-order valence-corrected chi connectivity index (χ2v) is 7.20. The first kappa shape index (κ1) is 13.5. The summed E-state index contributed by atoms with van der Waals surface area (Å²) in [6.07, 6.45) is 0. The van der Waals surface area contributed by atoms with Gasteiger partial charge < -0.3 is 4.52 Å². The molecule has 0 aromatic heterocycles. The van der Waals surface area contributed by atoms with Gasteiger partial charge in [-0.3, -0.25) is 4.57 Å². The third-order valence-corrected chi connectivity index (χ3v) is 6.85. The molecule has 0 fully saturated rings. The fourth-order valence-electron chi connectivity index (χ4n) is 1.10. The van der Waals surface area contributed by atoms with Crippen molar-refractivity contribution in [3.63, 3.8) is 0 Å². The lowest BCUT2D eigenvalue weighted by Gasteiger charge is -2.27. The lowest BCUT2D eigenvalue weighted by atomic mass is 10.7. The van der Waals surface area contributed by atoms with Crippen molar-refractivity contribution in [2.45, 2.75) is 27.7 Å². The van der Waals surface area contributed by atoms with Crippen molar-refractivity contribution < 1.29 is 9.09 Å². The predicted molar refractivity (Wildman–Crippen MR) is 60.3 cm³/mol. The van der Waals surface area contributed by atoms with Gasteiger partial charge in [0.2, 0.25) is 0 Å². The maximum absolute atomic E-state index is 12.2. The average molecular weight is 225 g/mol. The largest absolute Gasteiger partial charge is 0.329 e. The Balaban J connectivity index is 4.44. The molecule has 0 aromatic carbocycles. The maximum Gasteiger partial charge on any atom is 0.329 e. The predicted octanol–water partition coefficient (Wildman–Crippen LogP) is 3.23. The van der Waals surface area contributed by atoms with Crippen LogP contribution >= 0.6 is 18.1 Å². The van der Waals surface area contributed by atoms with Crippen LogP contribution in [-0.2, 0) is 9.09 Å². The normalized spacial score (nSPS) is 16.1. The zero-order valence-electron chi connectivity index (χ0n) is 8.95. The second-order valence-electron chi connectivity index (χ2n) is 2.44. The molecule has 0 bridgehead atoms. The van der Waals surface area contributed by atoms with Gasteiger partial charge in [-0.25, -0.2) is 4.67 Å². The van der Waals surface area contributed by atoms with Crippen molar-refractivity contribution in [1.29, 1.82) is 0 Å². The Morgan fingerprint density at radius 1 is 1.23 bits per heavy atom. The van der Waals surface area contributed by atoms with E-state index >= 15 is 0 Å². The quantitative estimate of drug-likeness (QED) is 0.622. The molecule has 3 nitrogen and oxygen atoms in total. The number of hydrogen-bond donors (Lipinski definition) is 0. The summed E-state index contributed by atoms with van der Waals surface area (Å²) in [5.74, 6) is 0.827. The fraction of sp³-hybridized carbons (Fsp3) is 1.00. The summed E-state index contributed by atoms with van der Waals surface area (Å²) in [5.41, 5.74) is 0. The van der Waals surface area contributed by atoms with Crippen molar-refractivity contribution in [1.82, 2.24) is 4.67 Å². The van der Waals surface area contributed by atoms with E-state index in [1.54, 1.807) is 0 Å². The van der Waals surface area contributed by atoms with Crippen molar-refractivity contribution in [3.05, 3.63) is 0 Å². The Bertz CT molecular complexity index is 164. The topological polar surface area (TPSA) is 29.5 Å². The molecule has 0 amide bonds. The highest BCUT2D eigenvalue weighted by Crippen LogP contribution is 2.61. The average Bonchev–Trinajstić information content (AvgIpc) is 2.07. The van der Waals surface area contributed by atoms with E-state index in [2.05, 4.69) is 0 Å². The number of nitrogens with zero attached hydrogens (tertiary/aromatic N) is 1. The van der Waals surface area contributed by atoms with E-state index in [-0.39, 0.29) is 0 Å². The molecule has 0 saturated heterocycles. The summed E-state index contributed by atoms with van der Waals surface area (Å²) >= 11 is 1.42. The molecule has 13 heavy (non-hydrogen) atoms. The summed E-state index contributed by atoms with van der Waals surface area (Å²) in [5, 5.41) is 0. The van der Waals surface area contributed by atoms with Gasteiger partial charge in [0.1, 0.15) is 0 Å². The first-order chi connectivity index (χ1) is 6.14. The number of hydrogen-bond acceptors (Lipinski definition) is 3. The van der Waals surface area contributed by atoms with Crippen LogP contribution in [0.1, 0.15) is 27.7 Å². The molecule has 0 aliphatic rings. The highest BCUT2D eigenvalue weighted by molar-refractivity contribution is 8.55. The third kappa shape index (κ3) is 4.03. The zero-order chi connectivity index (χ0) is 10.3. The minimum absolute atomic E-state index is 0.515. The van der Waals surface area contributed by atoms with Crippen LogP contribution in [0, 0.1) is 0 Å². The zero-order valence-corrected chi connectivity index (χ0v) is 10.7. The van der Waals surface area contributed by atoms with E-state index in [1.807, 2.05) is 32.4 Å². The van der Waals surface area contributed by atoms with Crippen LogP contribution in [0.3, 0.4) is 0 Å². The summed E-state index contributed by atoms with van der Waals surface area (Å²) < 4.78 is 19.5. The molecule has 0 radical (unpaired) electrons. The van der Waals surface area contributed by atoms with Crippen LogP contribution < -0.4 is 0 Å². The minimum atomic E-state index is -2.58. The van der Waals surface area contributed by atoms with E-state index in [0.717, 1.165) is 18.8 Å². The van der Waals surface area contributed by atoms with Crippen LogP contribution in [0.25, 0.3) is 0 Å². The Labute approximate surface area is 85.5 Å². The van der Waals surface area contributed by atoms with Crippen LogP contribution in [0.2, 0.25) is 0 Å². The summed E-state index contributed by atoms with van der Waals surface area (Å²) in [6.45, 7) is 7.38. The third-order valence-electron chi connectivity index (χ3n) is 1.66. The molecule has 1 atom stereocenters. The van der Waals surface area contributed by atoms with Gasteiger partial charge in [-0.1, -0.05) is 32.2 Å². The molecule has 0 aliphatic heterocycles. The second kappa shape index (κ2) is 6.88. The van der Waals surface area contributed by atoms with E-state index in [9.17, 15) is 4.57 Å². The fourth-order valence-corrected chi connectivity index (χ4v) is 5.54. The van der Waals surface area contributed by atoms with Crippen LogP contribution in [-0.4, -0.2) is 30.1 Å². The maximum atomic E-state index is 12.2. The van der Waals surface area contributed by atoms with Crippen molar-refractivity contribution in [3.8, 4) is 0 Å². The van der Waals surface area contributed by atoms with Crippen molar-refractivity contribution in [2.24, 2.45) is 0 Å². The summed E-state index contributed by atoms with van der Waals surface area (Å²) in [6, 6.07) is 0. The monoisotopic (exact) mass is 225 g/mol. The highest BCUT2D eigenvalue weighted by Gasteiger charge is 2.29. The van der Waals surface area contributed by atoms with Gasteiger partial charge in [0.15, 0.2) is 0 Å². The minimum Gasteiger partial charge on any atom is -0.310 e. The summed E-state index contributed by atoms with van der Waals surface area (Å²) in [7, 11) is 0. The van der Waals surface area contributed by atoms with Gasteiger partial charge in [-0.05, 0) is 6.92 Å². The van der Waals surface area contributed by atoms with Crippen molar-refractivity contribution >= 4 is 18.1 Å². The molecular weight excluding hydrogens is 205 g/mol. The Morgan fingerprint density at radius 3 is 2.08 bits per heavy atom. The van der Waals surface area contributed by atoms with E-state index in [0.29, 0.717) is 6.61 Å². The molecule has 0 aliphatic carbocycles. The Hall–Kier alpha value is 0.500. The molecule has 0 N–H and O–H groups in total. The SMILES string of the molecule is CCOP(=O)(SCC)N(CC)CC. The molecule has 0 heterocycles. The van der Waals surface area contributed by atoms with Crippen LogP contribution in [0.4, 0.5) is 0 Å². The smallest absolute Gasteiger partial charge is 0.310 e. The first-order valence-electron chi connectivity index (χ1n) is 4.79. The van der Waals surface area contributed by atoms with Crippen LogP contribution in [0.15, 0.2) is 0 Å². The molecule has 0 spiro atoms. The van der Waals surface area contributed by atoms with Gasteiger partial charge >= 0.3 is 6.72 Å². The van der Waals surface area contributed by atoms with Crippen LogP contribution in [0.5, 0.6) is 0 Å². The number of rotatable bonds is 7. The van der Waals surface area contributed by atoms with Gasteiger partial charge in [-0.2, -0.15) is 0 Å². The Kier molecular flexibility index (Phi) is 7.15. The highest BCUT2D eigenvalue weighted by atomic mass is 32.7. The molecule has 1 unspecified atom stereocenters. The molecule has 0 saturated carbocycles. The lowest BCUT2D eigenvalue weighted by molar-refractivity contribution is 0.294. The van der Waals surface area contributed by atoms with E-state index in [4.69, 9.17) is 4.52 Å². The van der Waals surface area contributed by atoms with Gasteiger partial charge in [0.05, 0.1) is 6.61 Å². The van der Waals surface area contributed by atoms with Crippen molar-refractivity contribution in [2.75, 3.05) is 25.4 Å². The molecule has 5 heteroatoms. The first-order valence-corrected chi connectivity index (χ1v) is 7.95. The van der Waals surface area contributed by atoms with E-state index in [1.165, 1.54) is 11.4 Å². The Morgan fingerprint density at radius 2 is 1.77 bits per heavy atom. The summed E-state index contributed by atoms with van der Waals surface area (Å²) in [4.78, 5) is 0. The molecule has 80 valence electrons.